The van der Waals surface area contributed by atoms with Crippen LogP contribution in [0, 0.1) is 0 Å². The van der Waals surface area contributed by atoms with Gasteiger partial charge in [-0.15, -0.1) is 34.1 Å². The van der Waals surface area contributed by atoms with Crippen LogP contribution in [-0.4, -0.2) is 0 Å². The summed E-state index contributed by atoms with van der Waals surface area (Å²) in [6.07, 6.45) is 8.34. The van der Waals surface area contributed by atoms with E-state index in [2.05, 4.69) is 166 Å². The van der Waals surface area contributed by atoms with Gasteiger partial charge in [0.25, 0.3) is 0 Å². The Kier molecular flexibility index (Phi) is 11.3. The number of rotatable bonds is 6. The van der Waals surface area contributed by atoms with Crippen molar-refractivity contribution in [2.75, 3.05) is 0 Å². The number of benzene rings is 6. The third kappa shape index (κ3) is 6.14. The van der Waals surface area contributed by atoms with Gasteiger partial charge in [0, 0.05) is 5.92 Å². The SMILES string of the molecule is CCc1ccc2c(c1)[C-]=c1c-2cc(=C(c2ccccc2)c2ccccc2)c(CC)c1C1C(c2ccccc2)=Cc2ccccc21.[Cl-].[Cl-].[Zr+3]. The molecule has 1 radical (unpaired) electrons. The van der Waals surface area contributed by atoms with Crippen molar-refractivity contribution in [1.82, 2.24) is 0 Å². The van der Waals surface area contributed by atoms with Crippen molar-refractivity contribution < 1.29 is 51.0 Å². The van der Waals surface area contributed by atoms with Crippen molar-refractivity contribution in [2.45, 2.75) is 32.6 Å². The maximum atomic E-state index is 3.98. The zero-order valence-corrected chi connectivity index (χ0v) is 31.1. The summed E-state index contributed by atoms with van der Waals surface area (Å²) in [5.41, 5.74) is 17.0. The molecule has 2 aliphatic carbocycles. The molecule has 3 heteroatoms. The van der Waals surface area contributed by atoms with Crippen molar-refractivity contribution in [3.05, 3.63) is 200 Å². The maximum absolute atomic E-state index is 3.98. The fourth-order valence-corrected chi connectivity index (χ4v) is 7.50. The zero-order chi connectivity index (χ0) is 30.3. The first-order valence-electron chi connectivity index (χ1n) is 16.2. The molecule has 0 nitrogen and oxygen atoms in total. The van der Waals surface area contributed by atoms with Gasteiger partial charge < -0.3 is 24.8 Å². The van der Waals surface area contributed by atoms with Crippen LogP contribution in [0.3, 0.4) is 0 Å². The summed E-state index contributed by atoms with van der Waals surface area (Å²) in [7, 11) is 0. The molecule has 0 heterocycles. The summed E-state index contributed by atoms with van der Waals surface area (Å²) in [6.45, 7) is 4.56. The second-order valence-electron chi connectivity index (χ2n) is 12.1. The van der Waals surface area contributed by atoms with Crippen molar-refractivity contribution in [1.29, 1.82) is 0 Å². The Morgan fingerprint density at radius 1 is 0.625 bits per heavy atom. The summed E-state index contributed by atoms with van der Waals surface area (Å²) in [6, 6.07) is 51.3. The van der Waals surface area contributed by atoms with Gasteiger partial charge >= 0.3 is 26.2 Å². The van der Waals surface area contributed by atoms with Crippen LogP contribution in [0.15, 0.2) is 140 Å². The molecule has 6 aromatic carbocycles. The van der Waals surface area contributed by atoms with Gasteiger partial charge in [0.15, 0.2) is 0 Å². The van der Waals surface area contributed by atoms with E-state index >= 15 is 0 Å². The van der Waals surface area contributed by atoms with Gasteiger partial charge in [-0.3, -0.25) is 0 Å². The minimum Gasteiger partial charge on any atom is -1.00 e. The Bertz CT molecular complexity index is 2180. The topological polar surface area (TPSA) is 0 Å². The van der Waals surface area contributed by atoms with Gasteiger partial charge in [0.1, 0.15) is 0 Å². The first kappa shape index (κ1) is 35.6. The second kappa shape index (κ2) is 15.2. The van der Waals surface area contributed by atoms with Gasteiger partial charge in [-0.25, -0.2) is 0 Å². The summed E-state index contributed by atoms with van der Waals surface area (Å²) < 4.78 is 0. The first-order valence-corrected chi connectivity index (χ1v) is 16.2. The molecule has 0 aliphatic heterocycles. The van der Waals surface area contributed by atoms with Crippen LogP contribution in [0.2, 0.25) is 0 Å². The molecule has 6 aromatic rings. The van der Waals surface area contributed by atoms with Crippen molar-refractivity contribution in [2.24, 2.45) is 0 Å². The molecule has 0 saturated carbocycles. The average Bonchev–Trinajstić information content (AvgIpc) is 3.67. The predicted molar refractivity (Wildman–Crippen MR) is 189 cm³/mol. The molecule has 48 heavy (non-hydrogen) atoms. The number of fused-ring (bicyclic) bond motifs is 4. The molecule has 0 bridgehead atoms. The maximum Gasteiger partial charge on any atom is 3.00 e. The summed E-state index contributed by atoms with van der Waals surface area (Å²) in [4.78, 5) is 0. The van der Waals surface area contributed by atoms with Crippen molar-refractivity contribution in [3.8, 4) is 11.1 Å². The largest absolute Gasteiger partial charge is 3.00 e. The second-order valence-corrected chi connectivity index (χ2v) is 12.1. The predicted octanol–water partition coefficient (Wildman–Crippen LogP) is 3.44. The van der Waals surface area contributed by atoms with E-state index in [9.17, 15) is 0 Å². The molecule has 0 amide bonds. The van der Waals surface area contributed by atoms with Gasteiger partial charge in [-0.2, -0.15) is 0 Å². The molecule has 0 spiro atoms. The Morgan fingerprint density at radius 3 is 1.85 bits per heavy atom. The molecule has 1 unspecified atom stereocenters. The number of allylic oxidation sites excluding steroid dienone is 1. The number of hydrogen-bond donors (Lipinski definition) is 0. The molecule has 2 aliphatic rings. The molecular formula is C45H35Cl2Zr. The molecule has 0 fully saturated rings. The van der Waals surface area contributed by atoms with Gasteiger partial charge in [-0.05, 0) is 57.0 Å². The van der Waals surface area contributed by atoms with Crippen LogP contribution in [0.4, 0.5) is 0 Å². The van der Waals surface area contributed by atoms with E-state index in [0.717, 1.165) is 12.8 Å². The minimum atomic E-state index is 0. The Hall–Kier alpha value is -3.74. The fraction of sp³-hybridized carbons (Fsp3) is 0.111. The standard InChI is InChI=1S/C45H35.2ClH.Zr/c1-3-30-24-25-37-35(26-30)28-41-40(37)29-42(43(32-18-10-6-11-19-32)33-20-12-7-13-21-33)36(4-2)44(41)45-38-23-15-14-22-34(38)27-39(45)31-16-8-5-9-17-31;;;/h5-27,29,45H,3-4H2,1-2H3;2*1H;/q-1;;;+3/p-2. The van der Waals surface area contributed by atoms with E-state index in [1.165, 1.54) is 82.8 Å². The third-order valence-corrected chi connectivity index (χ3v) is 9.59. The molecule has 1 atom stereocenters. The average molecular weight is 738 g/mol. The summed E-state index contributed by atoms with van der Waals surface area (Å²) in [5, 5.41) is 2.57. The van der Waals surface area contributed by atoms with E-state index in [0.29, 0.717) is 0 Å². The quantitative estimate of drug-likeness (QED) is 0.230. The van der Waals surface area contributed by atoms with Gasteiger partial charge in [-0.1, -0.05) is 170 Å². The molecule has 233 valence electrons. The molecular weight excluding hydrogens is 703 g/mol. The number of aryl methyl sites for hydroxylation is 1. The van der Waals surface area contributed by atoms with E-state index in [4.69, 9.17) is 0 Å². The Labute approximate surface area is 315 Å². The number of hydrogen-bond acceptors (Lipinski definition) is 0. The van der Waals surface area contributed by atoms with E-state index in [-0.39, 0.29) is 56.9 Å². The molecule has 0 aromatic heterocycles. The molecule has 0 N–H and O–H groups in total. The van der Waals surface area contributed by atoms with E-state index < -0.39 is 0 Å². The van der Waals surface area contributed by atoms with Crippen LogP contribution >= 0.6 is 0 Å². The van der Waals surface area contributed by atoms with Crippen LogP contribution in [0.25, 0.3) is 34.4 Å². The summed E-state index contributed by atoms with van der Waals surface area (Å²) in [5.74, 6) is 0.104. The smallest absolute Gasteiger partial charge is 1.00 e. The zero-order valence-electron chi connectivity index (χ0n) is 27.1. The van der Waals surface area contributed by atoms with Crippen LogP contribution in [0.1, 0.15) is 69.8 Å². The van der Waals surface area contributed by atoms with Gasteiger partial charge in [0.2, 0.25) is 0 Å². The van der Waals surface area contributed by atoms with Crippen LogP contribution in [0.5, 0.6) is 0 Å². The first-order chi connectivity index (χ1) is 22.2. The molecule has 0 saturated heterocycles. The van der Waals surface area contributed by atoms with E-state index in [1.807, 2.05) is 0 Å². The third-order valence-electron chi connectivity index (χ3n) is 9.59. The van der Waals surface area contributed by atoms with Gasteiger partial charge in [0.05, 0.1) is 0 Å². The summed E-state index contributed by atoms with van der Waals surface area (Å²) >= 11 is 0. The number of halogens is 2. The van der Waals surface area contributed by atoms with Crippen molar-refractivity contribution in [3.63, 3.8) is 0 Å². The Balaban J connectivity index is 0.00000150. The monoisotopic (exact) mass is 735 g/mol. The fourth-order valence-electron chi connectivity index (χ4n) is 7.50. The van der Waals surface area contributed by atoms with Crippen LogP contribution in [-0.2, 0) is 39.0 Å². The van der Waals surface area contributed by atoms with E-state index in [1.54, 1.807) is 0 Å². The van der Waals surface area contributed by atoms with Crippen LogP contribution < -0.4 is 35.3 Å². The molecule has 8 rings (SSSR count). The Morgan fingerprint density at radius 2 is 1.23 bits per heavy atom. The van der Waals surface area contributed by atoms with Crippen molar-refractivity contribution >= 4 is 23.3 Å². The normalized spacial score (nSPS) is 13.4. The minimum absolute atomic E-state index is 0.